The molecule has 1 aromatic heterocycles. The molecule has 0 aliphatic heterocycles. The molecule has 6 heteroatoms. The maximum Gasteiger partial charge on any atom is 0.268 e. The summed E-state index contributed by atoms with van der Waals surface area (Å²) in [6, 6.07) is 1.53. The van der Waals surface area contributed by atoms with E-state index in [1.807, 2.05) is 6.92 Å². The second-order valence-corrected chi connectivity index (χ2v) is 3.44. The molecule has 0 aliphatic rings. The Morgan fingerprint density at radius 1 is 1.41 bits per heavy atom. The van der Waals surface area contributed by atoms with Crippen molar-refractivity contribution in [1.29, 1.82) is 0 Å². The average molecular weight is 241 g/mol. The van der Waals surface area contributed by atoms with Crippen molar-refractivity contribution in [2.45, 2.75) is 13.5 Å². The summed E-state index contributed by atoms with van der Waals surface area (Å²) in [5, 5.41) is 7.08. The van der Waals surface area contributed by atoms with Gasteiger partial charge in [-0.1, -0.05) is 0 Å². The summed E-state index contributed by atoms with van der Waals surface area (Å²) >= 11 is 0. The predicted molar refractivity (Wildman–Crippen MR) is 65.4 cm³/mol. The van der Waals surface area contributed by atoms with Gasteiger partial charge in [0, 0.05) is 19.7 Å². The maximum absolute atomic E-state index is 11.6. The number of rotatable bonds is 8. The first-order chi connectivity index (χ1) is 8.27. The van der Waals surface area contributed by atoms with Crippen molar-refractivity contribution in [3.05, 3.63) is 22.6 Å². The van der Waals surface area contributed by atoms with Crippen molar-refractivity contribution in [2.75, 3.05) is 38.8 Å². The van der Waals surface area contributed by atoms with Gasteiger partial charge in [0.2, 0.25) is 0 Å². The third-order valence-electron chi connectivity index (χ3n) is 2.13. The molecule has 0 amide bonds. The standard InChI is InChI=1S/C11H19N3O3/c1-3-12-10-8-11(15)14(13-9-10)4-5-17-7-6-16-2/h8-9,12H,3-7H2,1-2H3. The molecule has 0 radical (unpaired) electrons. The molecule has 0 aromatic carbocycles. The van der Waals surface area contributed by atoms with Crippen LogP contribution in [0.15, 0.2) is 17.1 Å². The van der Waals surface area contributed by atoms with Gasteiger partial charge in [-0.2, -0.15) is 5.10 Å². The highest BCUT2D eigenvalue weighted by molar-refractivity contribution is 5.38. The number of methoxy groups -OCH3 is 1. The molecule has 0 saturated carbocycles. The molecule has 1 heterocycles. The number of anilines is 1. The van der Waals surface area contributed by atoms with Crippen LogP contribution in [0.4, 0.5) is 5.69 Å². The highest BCUT2D eigenvalue weighted by Crippen LogP contribution is 1.97. The summed E-state index contributed by atoms with van der Waals surface area (Å²) in [6.45, 7) is 4.73. The molecule has 6 nitrogen and oxygen atoms in total. The number of hydrogen-bond donors (Lipinski definition) is 1. The molecule has 0 unspecified atom stereocenters. The Labute approximate surface area is 101 Å². The van der Waals surface area contributed by atoms with E-state index in [9.17, 15) is 4.79 Å². The lowest BCUT2D eigenvalue weighted by Gasteiger charge is -2.07. The predicted octanol–water partition coefficient (Wildman–Crippen LogP) is 0.338. The highest BCUT2D eigenvalue weighted by Gasteiger charge is 1.99. The second kappa shape index (κ2) is 7.81. The van der Waals surface area contributed by atoms with Gasteiger partial charge in [0.1, 0.15) is 0 Å². The molecule has 17 heavy (non-hydrogen) atoms. The first kappa shape index (κ1) is 13.7. The van der Waals surface area contributed by atoms with Crippen molar-refractivity contribution in [2.24, 2.45) is 0 Å². The van der Waals surface area contributed by atoms with Crippen molar-refractivity contribution >= 4 is 5.69 Å². The van der Waals surface area contributed by atoms with Gasteiger partial charge in [0.25, 0.3) is 5.56 Å². The van der Waals surface area contributed by atoms with E-state index in [0.717, 1.165) is 12.2 Å². The van der Waals surface area contributed by atoms with Crippen LogP contribution in [-0.2, 0) is 16.0 Å². The molecular formula is C11H19N3O3. The van der Waals surface area contributed by atoms with Gasteiger partial charge in [0.05, 0.1) is 38.2 Å². The zero-order chi connectivity index (χ0) is 12.5. The van der Waals surface area contributed by atoms with Crippen molar-refractivity contribution in [3.63, 3.8) is 0 Å². The molecular weight excluding hydrogens is 222 g/mol. The Morgan fingerprint density at radius 3 is 2.88 bits per heavy atom. The minimum absolute atomic E-state index is 0.126. The summed E-state index contributed by atoms with van der Waals surface area (Å²) in [6.07, 6.45) is 1.64. The normalized spacial score (nSPS) is 10.5. The molecule has 0 fully saturated rings. The molecule has 0 spiro atoms. The Kier molecular flexibility index (Phi) is 6.27. The van der Waals surface area contributed by atoms with Crippen LogP contribution in [0.3, 0.4) is 0 Å². The van der Waals surface area contributed by atoms with E-state index in [1.54, 1.807) is 13.3 Å². The van der Waals surface area contributed by atoms with Crippen LogP contribution in [-0.4, -0.2) is 43.3 Å². The Morgan fingerprint density at radius 2 is 2.24 bits per heavy atom. The minimum Gasteiger partial charge on any atom is -0.384 e. The first-order valence-electron chi connectivity index (χ1n) is 5.65. The molecule has 0 atom stereocenters. The lowest BCUT2D eigenvalue weighted by Crippen LogP contribution is -2.25. The smallest absolute Gasteiger partial charge is 0.268 e. The van der Waals surface area contributed by atoms with Gasteiger partial charge < -0.3 is 14.8 Å². The fourth-order valence-corrected chi connectivity index (χ4v) is 1.30. The summed E-state index contributed by atoms with van der Waals surface area (Å²) in [5.74, 6) is 0. The molecule has 0 aliphatic carbocycles. The number of aromatic nitrogens is 2. The van der Waals surface area contributed by atoms with Gasteiger partial charge in [-0.3, -0.25) is 4.79 Å². The van der Waals surface area contributed by atoms with E-state index >= 15 is 0 Å². The maximum atomic E-state index is 11.6. The molecule has 0 bridgehead atoms. The van der Waals surface area contributed by atoms with Crippen molar-refractivity contribution in [3.8, 4) is 0 Å². The third-order valence-corrected chi connectivity index (χ3v) is 2.13. The largest absolute Gasteiger partial charge is 0.384 e. The van der Waals surface area contributed by atoms with Crippen LogP contribution < -0.4 is 10.9 Å². The van der Waals surface area contributed by atoms with Gasteiger partial charge in [-0.25, -0.2) is 4.68 Å². The summed E-state index contributed by atoms with van der Waals surface area (Å²) < 4.78 is 11.5. The Balaban J connectivity index is 2.41. The zero-order valence-electron chi connectivity index (χ0n) is 10.3. The van der Waals surface area contributed by atoms with Gasteiger partial charge in [-0.15, -0.1) is 0 Å². The fraction of sp³-hybridized carbons (Fsp3) is 0.636. The van der Waals surface area contributed by atoms with Gasteiger partial charge >= 0.3 is 0 Å². The van der Waals surface area contributed by atoms with Crippen LogP contribution in [0.2, 0.25) is 0 Å². The van der Waals surface area contributed by atoms with Crippen LogP contribution in [0.1, 0.15) is 6.92 Å². The average Bonchev–Trinajstić information content (AvgIpc) is 2.32. The number of nitrogens with zero attached hydrogens (tertiary/aromatic N) is 2. The SMILES string of the molecule is CCNc1cnn(CCOCCOC)c(=O)c1. The molecule has 1 rings (SSSR count). The summed E-state index contributed by atoms with van der Waals surface area (Å²) in [7, 11) is 1.62. The molecule has 96 valence electrons. The Hall–Kier alpha value is -1.40. The van der Waals surface area contributed by atoms with Crippen LogP contribution in [0.5, 0.6) is 0 Å². The van der Waals surface area contributed by atoms with E-state index in [2.05, 4.69) is 10.4 Å². The summed E-state index contributed by atoms with van der Waals surface area (Å²) in [4.78, 5) is 11.6. The van der Waals surface area contributed by atoms with Gasteiger partial charge in [-0.05, 0) is 6.92 Å². The quantitative estimate of drug-likeness (QED) is 0.665. The number of ether oxygens (including phenoxy) is 2. The van der Waals surface area contributed by atoms with Crippen LogP contribution in [0.25, 0.3) is 0 Å². The van der Waals surface area contributed by atoms with E-state index in [0.29, 0.717) is 26.4 Å². The zero-order valence-corrected chi connectivity index (χ0v) is 10.3. The third kappa shape index (κ3) is 4.97. The number of hydrogen-bond acceptors (Lipinski definition) is 5. The van der Waals surface area contributed by atoms with E-state index in [4.69, 9.17) is 9.47 Å². The summed E-state index contributed by atoms with van der Waals surface area (Å²) in [5.41, 5.74) is 0.618. The monoisotopic (exact) mass is 241 g/mol. The van der Waals surface area contributed by atoms with E-state index < -0.39 is 0 Å². The van der Waals surface area contributed by atoms with Crippen LogP contribution >= 0.6 is 0 Å². The van der Waals surface area contributed by atoms with Crippen molar-refractivity contribution in [1.82, 2.24) is 9.78 Å². The first-order valence-corrected chi connectivity index (χ1v) is 5.65. The second-order valence-electron chi connectivity index (χ2n) is 3.44. The van der Waals surface area contributed by atoms with E-state index in [1.165, 1.54) is 10.7 Å². The highest BCUT2D eigenvalue weighted by atomic mass is 16.5. The van der Waals surface area contributed by atoms with Crippen molar-refractivity contribution < 1.29 is 9.47 Å². The molecule has 1 N–H and O–H groups in total. The Bertz CT molecular complexity index is 378. The number of nitrogens with one attached hydrogen (secondary N) is 1. The molecule has 1 aromatic rings. The molecule has 0 saturated heterocycles. The lowest BCUT2D eigenvalue weighted by atomic mass is 10.4. The lowest BCUT2D eigenvalue weighted by molar-refractivity contribution is 0.0649. The fourth-order valence-electron chi connectivity index (χ4n) is 1.30. The topological polar surface area (TPSA) is 65.4 Å². The minimum atomic E-state index is -0.126. The van der Waals surface area contributed by atoms with Gasteiger partial charge in [0.15, 0.2) is 0 Å². The van der Waals surface area contributed by atoms with E-state index in [-0.39, 0.29) is 5.56 Å². The van der Waals surface area contributed by atoms with Crippen LogP contribution in [0, 0.1) is 0 Å².